The number of anilines is 1. The van der Waals surface area contributed by atoms with Crippen molar-refractivity contribution in [3.63, 3.8) is 0 Å². The van der Waals surface area contributed by atoms with Crippen LogP contribution in [0.2, 0.25) is 0 Å². The first-order valence-electron chi connectivity index (χ1n) is 5.24. The Bertz CT molecular complexity index is 559. The van der Waals surface area contributed by atoms with Crippen molar-refractivity contribution in [3.8, 4) is 10.6 Å². The average molecular weight is 329 g/mol. The lowest BCUT2D eigenvalue weighted by molar-refractivity contribution is -0.117. The zero-order valence-electron chi connectivity index (χ0n) is 8.77. The Kier molecular flexibility index (Phi) is 3.02. The van der Waals surface area contributed by atoms with Gasteiger partial charge < -0.3 is 5.32 Å². The zero-order valence-corrected chi connectivity index (χ0v) is 12.0. The van der Waals surface area contributed by atoms with Crippen molar-refractivity contribution in [3.05, 3.63) is 21.3 Å². The molecule has 3 nitrogen and oxygen atoms in total. The number of thiazole rings is 1. The number of carbonyl (C=O) groups excluding carboxylic acids is 1. The van der Waals surface area contributed by atoms with Crippen molar-refractivity contribution in [2.75, 3.05) is 5.32 Å². The van der Waals surface area contributed by atoms with Crippen molar-refractivity contribution in [1.29, 1.82) is 0 Å². The third-order valence-corrected chi connectivity index (χ3v) is 4.91. The molecule has 1 aliphatic carbocycles. The Balaban J connectivity index is 1.75. The van der Waals surface area contributed by atoms with Gasteiger partial charge in [0.1, 0.15) is 0 Å². The average Bonchev–Trinajstić information content (AvgIpc) is 2.92. The number of amides is 1. The molecule has 1 saturated carbocycles. The van der Waals surface area contributed by atoms with E-state index in [1.165, 1.54) is 11.3 Å². The first-order valence-corrected chi connectivity index (χ1v) is 7.73. The van der Waals surface area contributed by atoms with Crippen LogP contribution in [0.4, 0.5) is 5.13 Å². The maximum absolute atomic E-state index is 11.6. The van der Waals surface area contributed by atoms with E-state index in [0.717, 1.165) is 27.2 Å². The fourth-order valence-corrected chi connectivity index (χ4v) is 3.58. The molecule has 0 bridgehead atoms. The molecular formula is C11H9BrN2OS2. The standard InChI is InChI=1S/C11H9BrN2OS2/c12-9-4-3-8(17-9)7-5-16-11(13-7)14-10(15)6-1-2-6/h3-6H,1-2H2,(H,13,14,15). The molecule has 17 heavy (non-hydrogen) atoms. The molecule has 3 rings (SSSR count). The number of thiophene rings is 1. The van der Waals surface area contributed by atoms with E-state index in [1.54, 1.807) is 11.3 Å². The summed E-state index contributed by atoms with van der Waals surface area (Å²) in [6, 6.07) is 4.03. The number of halogens is 1. The topological polar surface area (TPSA) is 42.0 Å². The summed E-state index contributed by atoms with van der Waals surface area (Å²) in [5, 5.41) is 5.53. The molecule has 0 atom stereocenters. The van der Waals surface area contributed by atoms with Crippen LogP contribution in [-0.4, -0.2) is 10.9 Å². The highest BCUT2D eigenvalue weighted by Gasteiger charge is 2.30. The van der Waals surface area contributed by atoms with Gasteiger partial charge in [-0.25, -0.2) is 4.98 Å². The first-order chi connectivity index (χ1) is 8.22. The molecule has 2 aromatic heterocycles. The number of hydrogen-bond acceptors (Lipinski definition) is 4. The summed E-state index contributed by atoms with van der Waals surface area (Å²) >= 11 is 6.54. The Hall–Kier alpha value is -0.720. The smallest absolute Gasteiger partial charge is 0.229 e. The highest BCUT2D eigenvalue weighted by Crippen LogP contribution is 2.34. The fraction of sp³-hybridized carbons (Fsp3) is 0.273. The van der Waals surface area contributed by atoms with Gasteiger partial charge in [0.15, 0.2) is 5.13 Å². The number of aromatic nitrogens is 1. The molecular weight excluding hydrogens is 320 g/mol. The van der Waals surface area contributed by atoms with Crippen LogP contribution >= 0.6 is 38.6 Å². The molecule has 2 heterocycles. The SMILES string of the molecule is O=C(Nc1nc(-c2ccc(Br)s2)cs1)C1CC1. The largest absolute Gasteiger partial charge is 0.302 e. The van der Waals surface area contributed by atoms with E-state index < -0.39 is 0 Å². The third kappa shape index (κ3) is 2.59. The van der Waals surface area contributed by atoms with Crippen molar-refractivity contribution in [2.45, 2.75) is 12.8 Å². The number of nitrogens with one attached hydrogen (secondary N) is 1. The maximum atomic E-state index is 11.6. The van der Waals surface area contributed by atoms with E-state index in [0.29, 0.717) is 5.13 Å². The normalized spacial score (nSPS) is 14.9. The van der Waals surface area contributed by atoms with Crippen LogP contribution in [0.15, 0.2) is 21.3 Å². The quantitative estimate of drug-likeness (QED) is 0.925. The summed E-state index contributed by atoms with van der Waals surface area (Å²) in [4.78, 5) is 17.1. The summed E-state index contributed by atoms with van der Waals surface area (Å²) in [5.74, 6) is 0.330. The van der Waals surface area contributed by atoms with Crippen molar-refractivity contribution >= 4 is 49.6 Å². The van der Waals surface area contributed by atoms with E-state index in [4.69, 9.17) is 0 Å². The highest BCUT2D eigenvalue weighted by molar-refractivity contribution is 9.11. The zero-order chi connectivity index (χ0) is 11.8. The van der Waals surface area contributed by atoms with Gasteiger partial charge in [-0.15, -0.1) is 22.7 Å². The minimum Gasteiger partial charge on any atom is -0.302 e. The van der Waals surface area contributed by atoms with Crippen molar-refractivity contribution in [2.24, 2.45) is 5.92 Å². The predicted molar refractivity (Wildman–Crippen MR) is 74.5 cm³/mol. The Morgan fingerprint density at radius 2 is 2.29 bits per heavy atom. The monoisotopic (exact) mass is 328 g/mol. The Morgan fingerprint density at radius 3 is 2.94 bits per heavy atom. The van der Waals surface area contributed by atoms with Gasteiger partial charge >= 0.3 is 0 Å². The van der Waals surface area contributed by atoms with Gasteiger partial charge in [0.25, 0.3) is 0 Å². The van der Waals surface area contributed by atoms with Crippen LogP contribution in [0.25, 0.3) is 10.6 Å². The molecule has 0 unspecified atom stereocenters. The van der Waals surface area contributed by atoms with Gasteiger partial charge in [-0.2, -0.15) is 0 Å². The maximum Gasteiger partial charge on any atom is 0.229 e. The van der Waals surface area contributed by atoms with Crippen LogP contribution in [0, 0.1) is 5.92 Å². The van der Waals surface area contributed by atoms with Gasteiger partial charge in [-0.05, 0) is 40.9 Å². The van der Waals surface area contributed by atoms with E-state index in [-0.39, 0.29) is 11.8 Å². The summed E-state index contributed by atoms with van der Waals surface area (Å²) in [6.45, 7) is 0. The van der Waals surface area contributed by atoms with E-state index >= 15 is 0 Å². The molecule has 0 aromatic carbocycles. The van der Waals surface area contributed by atoms with Gasteiger partial charge in [-0.3, -0.25) is 4.79 Å². The lowest BCUT2D eigenvalue weighted by Gasteiger charge is -1.97. The lowest BCUT2D eigenvalue weighted by atomic mass is 10.4. The molecule has 88 valence electrons. The van der Waals surface area contributed by atoms with Crippen molar-refractivity contribution in [1.82, 2.24) is 4.98 Å². The third-order valence-electron chi connectivity index (χ3n) is 2.51. The molecule has 2 aromatic rings. The molecule has 1 aliphatic rings. The predicted octanol–water partition coefficient (Wildman–Crippen LogP) is 3.98. The van der Waals surface area contributed by atoms with Crippen LogP contribution < -0.4 is 5.32 Å². The Labute approximate surface area is 115 Å². The minimum atomic E-state index is 0.110. The lowest BCUT2D eigenvalue weighted by Crippen LogP contribution is -2.12. The summed E-state index contributed by atoms with van der Waals surface area (Å²) < 4.78 is 1.09. The second-order valence-corrected chi connectivity index (χ2v) is 7.23. The second-order valence-electron chi connectivity index (χ2n) is 3.91. The second kappa shape index (κ2) is 4.51. The molecule has 1 fully saturated rings. The van der Waals surface area contributed by atoms with Crippen LogP contribution in [0.5, 0.6) is 0 Å². The molecule has 1 amide bonds. The molecule has 1 N–H and O–H groups in total. The Morgan fingerprint density at radius 1 is 1.47 bits per heavy atom. The summed E-state index contributed by atoms with van der Waals surface area (Å²) in [7, 11) is 0. The molecule has 0 aliphatic heterocycles. The first kappa shape index (κ1) is 11.4. The highest BCUT2D eigenvalue weighted by atomic mass is 79.9. The molecule has 0 spiro atoms. The van der Waals surface area contributed by atoms with Gasteiger partial charge in [0.05, 0.1) is 14.4 Å². The van der Waals surface area contributed by atoms with Crippen LogP contribution in [0.1, 0.15) is 12.8 Å². The number of hydrogen-bond donors (Lipinski definition) is 1. The number of rotatable bonds is 3. The van der Waals surface area contributed by atoms with Gasteiger partial charge in [0, 0.05) is 11.3 Å². The summed E-state index contributed by atoms with van der Waals surface area (Å²) in [6.07, 6.45) is 2.03. The van der Waals surface area contributed by atoms with Crippen LogP contribution in [-0.2, 0) is 4.79 Å². The van der Waals surface area contributed by atoms with E-state index in [9.17, 15) is 4.79 Å². The molecule has 0 radical (unpaired) electrons. The van der Waals surface area contributed by atoms with E-state index in [1.807, 2.05) is 17.5 Å². The molecule has 0 saturated heterocycles. The van der Waals surface area contributed by atoms with Gasteiger partial charge in [0.2, 0.25) is 5.91 Å². The van der Waals surface area contributed by atoms with Gasteiger partial charge in [-0.1, -0.05) is 0 Å². The van der Waals surface area contributed by atoms with Crippen molar-refractivity contribution < 1.29 is 4.79 Å². The fourth-order valence-electron chi connectivity index (χ4n) is 1.45. The minimum absolute atomic E-state index is 0.110. The number of carbonyl (C=O) groups is 1. The van der Waals surface area contributed by atoms with E-state index in [2.05, 4.69) is 26.2 Å². The summed E-state index contributed by atoms with van der Waals surface area (Å²) in [5.41, 5.74) is 0.928. The van der Waals surface area contributed by atoms with Crippen LogP contribution in [0.3, 0.4) is 0 Å². The molecule has 6 heteroatoms. The number of nitrogens with zero attached hydrogens (tertiary/aromatic N) is 1.